The van der Waals surface area contributed by atoms with Gasteiger partial charge in [0.15, 0.2) is 22.6 Å². The fourth-order valence-electron chi connectivity index (χ4n) is 25.6. The van der Waals surface area contributed by atoms with Crippen LogP contribution in [0.3, 0.4) is 0 Å². The minimum Gasteiger partial charge on any atom is -0.452 e. The molecule has 10 aliphatic rings. The molecule has 1 heterocycles. The summed E-state index contributed by atoms with van der Waals surface area (Å²) in [6.07, 6.45) is 0. The van der Waals surface area contributed by atoms with Crippen LogP contribution in [0.15, 0.2) is 22.5 Å². The molecule has 0 radical (unpaired) electrons. The van der Waals surface area contributed by atoms with Crippen molar-refractivity contribution in [3.8, 4) is 0 Å². The van der Waals surface area contributed by atoms with E-state index < -0.39 is 61.8 Å². The third kappa shape index (κ3) is 3.14. The van der Waals surface area contributed by atoms with E-state index in [1.165, 1.54) is 162 Å². The Morgan fingerprint density at radius 2 is 0.441 bits per heavy atom. The van der Waals surface area contributed by atoms with Crippen molar-refractivity contribution in [1.29, 1.82) is 0 Å². The Bertz CT molecular complexity index is 7570. The average molecular weight is 1220 g/mol. The summed E-state index contributed by atoms with van der Waals surface area (Å²) in [4.78, 5) is 84.5. The molecular formula is C80H46O13. The molecule has 0 fully saturated rings. The molecule has 0 unspecified atom stereocenters. The second-order valence-electron chi connectivity index (χ2n) is 35.8. The van der Waals surface area contributed by atoms with Gasteiger partial charge in [0.1, 0.15) is 0 Å². The van der Waals surface area contributed by atoms with Gasteiger partial charge in [0.2, 0.25) is 11.2 Å². The maximum atomic E-state index is 13.9. The number of ether oxygens (including phenoxy) is 1. The van der Waals surface area contributed by atoms with Gasteiger partial charge in [-0.05, 0) is 319 Å². The quantitative estimate of drug-likeness (QED) is 0.0750. The molecule has 6 atom stereocenters. The van der Waals surface area contributed by atoms with Crippen LogP contribution in [0.4, 0.5) is 0 Å². The van der Waals surface area contributed by atoms with E-state index >= 15 is 0 Å². The van der Waals surface area contributed by atoms with Gasteiger partial charge in [-0.1, -0.05) is 0 Å². The van der Waals surface area contributed by atoms with Crippen LogP contribution in [0.5, 0.6) is 0 Å². The summed E-state index contributed by atoms with van der Waals surface area (Å²) in [7, 11) is 0. The van der Waals surface area contributed by atoms with Crippen LogP contribution in [0, 0.1) is 0 Å². The molecular weight excluding hydrogens is 1170 g/mol. The molecule has 0 spiro atoms. The molecule has 9 aliphatic carbocycles. The largest absolute Gasteiger partial charge is 0.452 e. The van der Waals surface area contributed by atoms with E-state index in [-0.39, 0.29) is 0 Å². The van der Waals surface area contributed by atoms with Crippen LogP contribution in [-0.4, -0.2) is 39.0 Å². The summed E-state index contributed by atoms with van der Waals surface area (Å²) in [5.74, 6) is -2.21. The van der Waals surface area contributed by atoms with Gasteiger partial charge in [0.05, 0.1) is 33.6 Å². The predicted octanol–water partition coefficient (Wildman–Crippen LogP) is 19.0. The highest BCUT2D eigenvalue weighted by molar-refractivity contribution is 6.77. The van der Waals surface area contributed by atoms with Gasteiger partial charge in [0, 0.05) is 66.8 Å². The van der Waals surface area contributed by atoms with Crippen molar-refractivity contribution in [2.45, 2.75) is 166 Å². The van der Waals surface area contributed by atoms with Crippen molar-refractivity contribution in [2.24, 2.45) is 0 Å². The molecule has 31 rings (SSSR count). The SMILES string of the molecule is CC(C)(C)OO[C@]12C3=C4O[C@]5(OO)C6=C3[C@]3(OOC(C)(C)C)c7c1c1c8c2c2c9c%10c(c%11c%12c%13c(c%14c%15c%16c(c3c3c7c7c1c1c%17c8c9c8c9c%10c%12c%10c%12c%13c%15c%13c%15c%16c3c3c7c1c1c(c%178)c(c9%10)c(c%13%12)c1c3%15)[C@@]6%14OOC(C)(C)C)[C@]%115OOC(C)(C)C)[C@@]42OOC(C)(C)C. The Balaban J connectivity index is 1.05. The zero-order chi connectivity index (χ0) is 61.2. The van der Waals surface area contributed by atoms with E-state index in [1.54, 1.807) is 0 Å². The van der Waals surface area contributed by atoms with Crippen LogP contribution < -0.4 is 0 Å². The lowest BCUT2D eigenvalue weighted by atomic mass is 9.50. The van der Waals surface area contributed by atoms with Crippen LogP contribution in [0.1, 0.15) is 159 Å². The average Bonchev–Trinajstić information content (AvgIpc) is 1.38. The molecule has 1 N–H and O–H groups in total. The first-order valence-electron chi connectivity index (χ1n) is 33.4. The van der Waals surface area contributed by atoms with E-state index in [4.69, 9.17) is 58.5 Å². The molecule has 21 aromatic rings. The van der Waals surface area contributed by atoms with Crippen molar-refractivity contribution in [1.82, 2.24) is 0 Å². The third-order valence-electron chi connectivity index (χ3n) is 26.4. The number of rotatable bonds is 11. The minimum absolute atomic E-state index is 0.303. The highest BCUT2D eigenvalue weighted by Gasteiger charge is 2.89. The molecule has 0 bridgehead atoms. The molecule has 0 saturated carbocycles. The Labute approximate surface area is 520 Å². The zero-order valence-electron chi connectivity index (χ0n) is 52.8. The van der Waals surface area contributed by atoms with Crippen molar-refractivity contribution in [2.75, 3.05) is 0 Å². The van der Waals surface area contributed by atoms with Crippen LogP contribution >= 0.6 is 0 Å². The smallest absolute Gasteiger partial charge is 0.307 e. The van der Waals surface area contributed by atoms with Crippen LogP contribution in [-0.2, 0) is 86.5 Å². The van der Waals surface area contributed by atoms with Gasteiger partial charge in [-0.3, -0.25) is 0 Å². The van der Waals surface area contributed by atoms with Crippen molar-refractivity contribution >= 4 is 215 Å². The van der Waals surface area contributed by atoms with Crippen molar-refractivity contribution < 1.29 is 63.8 Å². The molecule has 0 saturated heterocycles. The topological polar surface area (TPSA) is 131 Å². The maximum Gasteiger partial charge on any atom is 0.307 e. The molecule has 0 aromatic heterocycles. The van der Waals surface area contributed by atoms with E-state index in [2.05, 4.69) is 20.8 Å². The highest BCUT2D eigenvalue weighted by Crippen LogP contribution is 2.90. The minimum atomic E-state index is -2.51. The Hall–Kier alpha value is -7.70. The van der Waals surface area contributed by atoms with E-state index in [9.17, 15) is 5.26 Å². The van der Waals surface area contributed by atoms with E-state index in [0.717, 1.165) is 109 Å². The lowest BCUT2D eigenvalue weighted by Gasteiger charge is -2.63. The molecule has 444 valence electrons. The lowest BCUT2D eigenvalue weighted by Crippen LogP contribution is -2.70. The lowest BCUT2D eigenvalue weighted by molar-refractivity contribution is -0.503. The second kappa shape index (κ2) is 10.8. The fraction of sp³-hybridized carbons (Fsp3) is 0.325. The van der Waals surface area contributed by atoms with Gasteiger partial charge < -0.3 is 4.74 Å². The molecule has 1 aliphatic heterocycles. The predicted molar refractivity (Wildman–Crippen MR) is 353 cm³/mol. The monoisotopic (exact) mass is 1210 g/mol. The summed E-state index contributed by atoms with van der Waals surface area (Å²) < 4.78 is 8.77. The fourth-order valence-corrected chi connectivity index (χ4v) is 25.6. The zero-order valence-corrected chi connectivity index (χ0v) is 52.8. The van der Waals surface area contributed by atoms with Gasteiger partial charge in [0.25, 0.3) is 0 Å². The number of benzene rings is 15. The first-order chi connectivity index (χ1) is 44.3. The highest BCUT2D eigenvalue weighted by atomic mass is 17.2. The number of hydrogen-bond acceptors (Lipinski definition) is 13. The Morgan fingerprint density at radius 1 is 0.237 bits per heavy atom. The molecule has 13 heteroatoms. The summed E-state index contributed by atoms with van der Waals surface area (Å²) in [6, 6.07) is 0. The molecule has 21 aromatic carbocycles. The molecule has 0 amide bonds. The van der Waals surface area contributed by atoms with Crippen molar-refractivity contribution in [3.63, 3.8) is 0 Å². The number of hydrogen-bond donors (Lipinski definition) is 1. The summed E-state index contributed by atoms with van der Waals surface area (Å²) in [5, 5.41) is 63.7. The third-order valence-corrected chi connectivity index (χ3v) is 26.4. The van der Waals surface area contributed by atoms with Gasteiger partial charge in [-0.2, -0.15) is 4.89 Å². The molecule has 93 heavy (non-hydrogen) atoms. The standard InChI is InChI=1S/C80H46O13/c1-70(2,3)84-89-75-56-46-36-26-21-16-17-19-20-18(16)23-29-27(21)37(36)47-49-39(29)41-31(23)33-25(20)35-34-24(19)32-30-22(17)28(26)38-40(30)50-52-42(32)44(34)54-55-45(35)43(33)53-51(41)61-59(49)76(57(47)56,90-85-71(4,5)6)67-66(75)68-77(91-86-72(7,8)9,60(50)58(75)48(38)46)62(52)64(54)79(93-88-74(13,14)15)65(55)63(53)78(61,92-87-73(10,11)12)69(67)82-80(68,79)83-81/h81H,1-15H3/t75-,76+,77-,78+,79-,80-/m0/s1. The first-order valence-corrected chi connectivity index (χ1v) is 33.4. The normalized spacial score (nSPS) is 28.3. The van der Waals surface area contributed by atoms with Gasteiger partial charge in [-0.15, -0.1) is 0 Å². The first kappa shape index (κ1) is 45.6. The molecule has 13 nitrogen and oxygen atoms in total. The van der Waals surface area contributed by atoms with Crippen LogP contribution in [0.2, 0.25) is 0 Å². The summed E-state index contributed by atoms with van der Waals surface area (Å²) in [5.41, 5.74) is -3.56. The maximum absolute atomic E-state index is 13.9. The second-order valence-corrected chi connectivity index (χ2v) is 35.8. The Kier molecular flexibility index (Phi) is 5.31. The summed E-state index contributed by atoms with van der Waals surface area (Å²) in [6.45, 7) is 30.5. The number of fused-ring (bicyclic) bond motifs is 5. The van der Waals surface area contributed by atoms with Gasteiger partial charge in [-0.25, -0.2) is 54.1 Å². The van der Waals surface area contributed by atoms with E-state index in [1.807, 2.05) is 83.1 Å². The van der Waals surface area contributed by atoms with Gasteiger partial charge >= 0.3 is 5.79 Å². The van der Waals surface area contributed by atoms with E-state index in [0.29, 0.717) is 22.5 Å². The Morgan fingerprint density at radius 3 is 0.731 bits per heavy atom. The summed E-state index contributed by atoms with van der Waals surface area (Å²) >= 11 is 0. The van der Waals surface area contributed by atoms with Crippen molar-refractivity contribution in [3.05, 3.63) is 78.1 Å². The van der Waals surface area contributed by atoms with Crippen LogP contribution in [0.25, 0.3) is 215 Å².